The van der Waals surface area contributed by atoms with Gasteiger partial charge in [-0.15, -0.1) is 0 Å². The van der Waals surface area contributed by atoms with Crippen molar-refractivity contribution in [2.24, 2.45) is 0 Å². The van der Waals surface area contributed by atoms with Crippen LogP contribution in [-0.4, -0.2) is 60.5 Å². The van der Waals surface area contributed by atoms with Gasteiger partial charge in [0, 0.05) is 19.6 Å². The van der Waals surface area contributed by atoms with E-state index in [0.717, 1.165) is 11.1 Å². The third kappa shape index (κ3) is 6.46. The van der Waals surface area contributed by atoms with Gasteiger partial charge in [-0.1, -0.05) is 17.7 Å². The molecular weight excluding hydrogens is 521 g/mol. The summed E-state index contributed by atoms with van der Waals surface area (Å²) in [5.74, 6) is -0.312. The summed E-state index contributed by atoms with van der Waals surface area (Å²) in [5, 5.41) is 8.70. The molecule has 3 N–H and O–H groups in total. The highest BCUT2D eigenvalue weighted by molar-refractivity contribution is 6.33. The Hall–Kier alpha value is -3.57. The minimum atomic E-state index is -2.38. The van der Waals surface area contributed by atoms with Crippen LogP contribution in [0, 0.1) is 5.82 Å². The van der Waals surface area contributed by atoms with Crippen molar-refractivity contribution in [3.8, 4) is 5.75 Å². The molecule has 0 bridgehead atoms. The van der Waals surface area contributed by atoms with Crippen LogP contribution >= 0.6 is 11.6 Å². The predicted molar refractivity (Wildman–Crippen MR) is 141 cm³/mol. The number of nitrogens with zero attached hydrogens (tertiary/aromatic N) is 3. The van der Waals surface area contributed by atoms with Crippen LogP contribution in [0.5, 0.6) is 5.75 Å². The molecule has 0 atom stereocenters. The van der Waals surface area contributed by atoms with Gasteiger partial charge >= 0.3 is 0 Å². The Bertz CT molecular complexity index is 1310. The topological polar surface area (TPSA) is 91.4 Å². The molecule has 1 aliphatic heterocycles. The van der Waals surface area contributed by atoms with Crippen molar-refractivity contribution in [3.05, 3.63) is 64.1 Å². The van der Waals surface area contributed by atoms with E-state index in [1.165, 1.54) is 31.5 Å². The number of alkyl halides is 2. The van der Waals surface area contributed by atoms with Crippen LogP contribution in [0.4, 0.5) is 36.3 Å². The van der Waals surface area contributed by atoms with Gasteiger partial charge in [0.15, 0.2) is 5.82 Å². The number of fused-ring (bicyclic) bond motifs is 1. The van der Waals surface area contributed by atoms with E-state index < -0.39 is 18.1 Å². The Balaban J connectivity index is 1.60. The van der Waals surface area contributed by atoms with E-state index in [9.17, 15) is 18.0 Å². The van der Waals surface area contributed by atoms with Crippen LogP contribution in [0.2, 0.25) is 5.02 Å². The molecule has 2 aromatic carbocycles. The first kappa shape index (κ1) is 27.5. The molecule has 1 aromatic heterocycles. The zero-order valence-corrected chi connectivity index (χ0v) is 21.7. The van der Waals surface area contributed by atoms with Crippen LogP contribution in [0.15, 0.2) is 36.5 Å². The normalized spacial score (nSPS) is 13.6. The minimum Gasteiger partial charge on any atom is -0.495 e. The van der Waals surface area contributed by atoms with Gasteiger partial charge in [-0.3, -0.25) is 9.69 Å². The molecule has 0 radical (unpaired) electrons. The van der Waals surface area contributed by atoms with Crippen molar-refractivity contribution in [1.82, 2.24) is 20.2 Å². The number of para-hydroxylation sites is 1. The van der Waals surface area contributed by atoms with Gasteiger partial charge in [0.05, 0.1) is 36.8 Å². The Morgan fingerprint density at radius 1 is 1.18 bits per heavy atom. The Labute approximate surface area is 223 Å². The van der Waals surface area contributed by atoms with Crippen molar-refractivity contribution < 1.29 is 22.7 Å². The van der Waals surface area contributed by atoms with Crippen molar-refractivity contribution in [2.45, 2.75) is 26.2 Å². The predicted octanol–water partition coefficient (Wildman–Crippen LogP) is 5.18. The highest BCUT2D eigenvalue weighted by Gasteiger charge is 2.21. The second kappa shape index (κ2) is 12.3. The lowest BCUT2D eigenvalue weighted by Gasteiger charge is -2.18. The zero-order chi connectivity index (χ0) is 27.2. The van der Waals surface area contributed by atoms with Crippen molar-refractivity contribution in [2.75, 3.05) is 43.9 Å². The van der Waals surface area contributed by atoms with Gasteiger partial charge in [-0.25, -0.2) is 18.2 Å². The smallest absolute Gasteiger partial charge is 0.253 e. The molecule has 1 aliphatic rings. The zero-order valence-electron chi connectivity index (χ0n) is 21.0. The fourth-order valence-electron chi connectivity index (χ4n) is 4.30. The second-order valence-corrected chi connectivity index (χ2v) is 9.08. The summed E-state index contributed by atoms with van der Waals surface area (Å²) in [6.45, 7) is 2.94. The van der Waals surface area contributed by atoms with E-state index >= 15 is 0 Å². The first-order valence-corrected chi connectivity index (χ1v) is 12.5. The van der Waals surface area contributed by atoms with E-state index in [2.05, 4.69) is 25.9 Å². The third-order valence-corrected chi connectivity index (χ3v) is 6.42. The summed E-state index contributed by atoms with van der Waals surface area (Å²) in [6.07, 6.45) is 0.199. The molecule has 3 aromatic rings. The lowest BCUT2D eigenvalue weighted by Crippen LogP contribution is -2.31. The number of nitrogens with one attached hydrogen (secondary N) is 3. The number of hydrogen-bond acceptors (Lipinski definition) is 7. The number of anilines is 4. The van der Waals surface area contributed by atoms with Crippen LogP contribution < -0.4 is 20.7 Å². The molecule has 0 saturated carbocycles. The summed E-state index contributed by atoms with van der Waals surface area (Å²) in [7, 11) is 1.53. The van der Waals surface area contributed by atoms with Gasteiger partial charge in [-0.2, -0.15) is 4.98 Å². The number of amides is 1. The molecule has 0 unspecified atom stereocenters. The number of benzene rings is 2. The van der Waals surface area contributed by atoms with E-state index in [1.54, 1.807) is 11.8 Å². The average molecular weight is 549 g/mol. The first-order chi connectivity index (χ1) is 18.3. The second-order valence-electron chi connectivity index (χ2n) is 8.67. The molecular formula is C26H28ClF3N6O2. The first-order valence-electron chi connectivity index (χ1n) is 12.1. The SMILES string of the molecule is CCNC(=O)c1cccc(F)c1Nc1nc(Nc2cc3c(cc2OC)CCN(CC(F)F)CC3)ncc1Cl. The van der Waals surface area contributed by atoms with Gasteiger partial charge < -0.3 is 20.7 Å². The van der Waals surface area contributed by atoms with Crippen molar-refractivity contribution in [3.63, 3.8) is 0 Å². The minimum absolute atomic E-state index is 0.0686. The van der Waals surface area contributed by atoms with Gasteiger partial charge in [-0.05, 0) is 55.2 Å². The number of hydrogen-bond donors (Lipinski definition) is 3. The van der Waals surface area contributed by atoms with E-state index in [0.29, 0.717) is 43.9 Å². The maximum Gasteiger partial charge on any atom is 0.253 e. The molecule has 4 rings (SSSR count). The maximum absolute atomic E-state index is 14.7. The molecule has 0 spiro atoms. The molecule has 202 valence electrons. The molecule has 0 saturated heterocycles. The number of ether oxygens (including phenoxy) is 1. The molecule has 0 aliphatic carbocycles. The summed E-state index contributed by atoms with van der Waals surface area (Å²) >= 11 is 6.29. The molecule has 0 fully saturated rings. The van der Waals surface area contributed by atoms with Crippen molar-refractivity contribution >= 4 is 40.6 Å². The number of rotatable bonds is 9. The molecule has 8 nitrogen and oxygen atoms in total. The standard InChI is InChI=1S/C26H28ClF3N6O2/c1-3-31-25(37)17-5-4-6-19(28)23(17)34-24-18(27)13-32-26(35-24)33-20-11-15-7-9-36(14-22(29)30)10-8-16(15)12-21(20)38-2/h4-6,11-13,22H,3,7-10,14H2,1-2H3,(H,31,37)(H2,32,33,34,35). The van der Waals surface area contributed by atoms with Crippen molar-refractivity contribution in [1.29, 1.82) is 0 Å². The number of carbonyl (C=O) groups is 1. The van der Waals surface area contributed by atoms with E-state index in [1.807, 2.05) is 12.1 Å². The highest BCUT2D eigenvalue weighted by atomic mass is 35.5. The molecule has 12 heteroatoms. The molecule has 38 heavy (non-hydrogen) atoms. The number of halogens is 4. The third-order valence-electron chi connectivity index (χ3n) is 6.14. The number of carbonyl (C=O) groups excluding carboxylic acids is 1. The van der Waals surface area contributed by atoms with Crippen LogP contribution in [0.1, 0.15) is 28.4 Å². The van der Waals surface area contributed by atoms with Crippen LogP contribution in [-0.2, 0) is 12.8 Å². The number of methoxy groups -OCH3 is 1. The Kier molecular flexibility index (Phi) is 8.90. The molecule has 1 amide bonds. The fraction of sp³-hybridized carbons (Fsp3) is 0.346. The summed E-state index contributed by atoms with van der Waals surface area (Å²) < 4.78 is 46.0. The highest BCUT2D eigenvalue weighted by Crippen LogP contribution is 2.34. The van der Waals surface area contributed by atoms with E-state index in [4.69, 9.17) is 16.3 Å². The lowest BCUT2D eigenvalue weighted by atomic mass is 10.0. The van der Waals surface area contributed by atoms with Gasteiger partial charge in [0.25, 0.3) is 12.3 Å². The largest absolute Gasteiger partial charge is 0.495 e. The number of aromatic nitrogens is 2. The average Bonchev–Trinajstić information content (AvgIpc) is 3.08. The Morgan fingerprint density at radius 2 is 1.92 bits per heavy atom. The van der Waals surface area contributed by atoms with Gasteiger partial charge in [0.2, 0.25) is 5.95 Å². The summed E-state index contributed by atoms with van der Waals surface area (Å²) in [4.78, 5) is 22.8. The van der Waals surface area contributed by atoms with Crippen LogP contribution in [0.25, 0.3) is 0 Å². The van der Waals surface area contributed by atoms with Gasteiger partial charge in [0.1, 0.15) is 16.6 Å². The van der Waals surface area contributed by atoms with E-state index in [-0.39, 0.29) is 34.6 Å². The monoisotopic (exact) mass is 548 g/mol. The maximum atomic E-state index is 14.7. The Morgan fingerprint density at radius 3 is 2.61 bits per heavy atom. The van der Waals surface area contributed by atoms with Crippen LogP contribution in [0.3, 0.4) is 0 Å². The fourth-order valence-corrected chi connectivity index (χ4v) is 4.43. The summed E-state index contributed by atoms with van der Waals surface area (Å²) in [5.41, 5.74) is 2.65. The quantitative estimate of drug-likeness (QED) is 0.339. The molecule has 2 heterocycles. The lowest BCUT2D eigenvalue weighted by molar-refractivity contribution is 0.0903. The summed E-state index contributed by atoms with van der Waals surface area (Å²) in [6, 6.07) is 7.94.